The number of benzene rings is 1. The number of hydrogen-bond acceptors (Lipinski definition) is 8. The summed E-state index contributed by atoms with van der Waals surface area (Å²) in [6, 6.07) is 4.99. The van der Waals surface area contributed by atoms with Crippen LogP contribution in [0.1, 0.15) is 46.5 Å². The number of carbonyl (C=O) groups is 1. The molecule has 10 nitrogen and oxygen atoms in total. The summed E-state index contributed by atoms with van der Waals surface area (Å²) in [4.78, 5) is 18.5. The Balaban J connectivity index is 1.29. The zero-order valence-corrected chi connectivity index (χ0v) is 21.4. The predicted molar refractivity (Wildman–Crippen MR) is 133 cm³/mol. The van der Waals surface area contributed by atoms with Crippen LogP contribution in [0.25, 0.3) is 22.5 Å². The molecule has 196 valence electrons. The van der Waals surface area contributed by atoms with Crippen LogP contribution in [-0.4, -0.2) is 71.0 Å². The van der Waals surface area contributed by atoms with Crippen molar-refractivity contribution in [3.8, 4) is 34.1 Å². The molecule has 3 aliphatic rings. The van der Waals surface area contributed by atoms with E-state index in [1.54, 1.807) is 43.8 Å². The second-order valence-electron chi connectivity index (χ2n) is 10.8. The van der Waals surface area contributed by atoms with Gasteiger partial charge in [-0.15, -0.1) is 10.2 Å². The Morgan fingerprint density at radius 2 is 2.03 bits per heavy atom. The van der Waals surface area contributed by atoms with E-state index in [0.29, 0.717) is 24.8 Å². The van der Waals surface area contributed by atoms with Gasteiger partial charge >= 0.3 is 6.09 Å². The van der Waals surface area contributed by atoms with Crippen LogP contribution in [0.2, 0.25) is 0 Å². The Kier molecular flexibility index (Phi) is 6.25. The number of piperidine rings is 1. The summed E-state index contributed by atoms with van der Waals surface area (Å²) in [7, 11) is 1.82. The van der Waals surface area contributed by atoms with Gasteiger partial charge in [-0.2, -0.15) is 5.10 Å². The first-order valence-corrected chi connectivity index (χ1v) is 12.4. The molecule has 4 heterocycles. The topological polar surface area (TPSA) is 115 Å². The van der Waals surface area contributed by atoms with E-state index >= 15 is 4.39 Å². The number of alkyl halides is 1. The van der Waals surface area contributed by atoms with Crippen molar-refractivity contribution >= 4 is 6.09 Å². The van der Waals surface area contributed by atoms with Gasteiger partial charge in [0.15, 0.2) is 11.5 Å². The van der Waals surface area contributed by atoms with Gasteiger partial charge in [0, 0.05) is 31.3 Å². The third-order valence-corrected chi connectivity index (χ3v) is 6.78. The molecular weight excluding hydrogens is 479 g/mol. The molecule has 11 heteroatoms. The first-order chi connectivity index (χ1) is 17.5. The first kappa shape index (κ1) is 24.9. The smallest absolute Gasteiger partial charge is 0.410 e. The summed E-state index contributed by atoms with van der Waals surface area (Å²) in [6.07, 6.45) is 5.60. The van der Waals surface area contributed by atoms with E-state index in [1.807, 2.05) is 19.3 Å². The van der Waals surface area contributed by atoms with E-state index < -0.39 is 23.5 Å². The van der Waals surface area contributed by atoms with Crippen LogP contribution in [0.5, 0.6) is 11.6 Å². The SMILES string of the molecule is Cn1cc(-c2ccc(-c3ncc(O[C@H]4C[C@@H]5CCCC4(F)CN5C(=O)OC(C)(C)C)nn3)c(O)c2)cn1. The number of carbonyl (C=O) groups excluding carboxylic acids is 1. The Bertz CT molecular complexity index is 1290. The Morgan fingerprint density at radius 3 is 2.68 bits per heavy atom. The number of phenols is 1. The van der Waals surface area contributed by atoms with E-state index in [1.165, 1.54) is 11.1 Å². The molecule has 1 N–H and O–H groups in total. The fourth-order valence-corrected chi connectivity index (χ4v) is 4.99. The molecular formula is C26H31FN6O4. The largest absolute Gasteiger partial charge is 0.507 e. The number of aromatic nitrogens is 5. The molecule has 2 aromatic heterocycles. The van der Waals surface area contributed by atoms with Gasteiger partial charge in [-0.05, 0) is 57.7 Å². The number of rotatable bonds is 4. The van der Waals surface area contributed by atoms with Gasteiger partial charge in [0.2, 0.25) is 0 Å². The Labute approximate surface area is 214 Å². The number of hydrogen-bond donors (Lipinski definition) is 1. The van der Waals surface area contributed by atoms with E-state index in [2.05, 4.69) is 20.3 Å². The lowest BCUT2D eigenvalue weighted by Crippen LogP contribution is -2.60. The average molecular weight is 511 g/mol. The predicted octanol–water partition coefficient (Wildman–Crippen LogP) is 4.29. The fraction of sp³-hybridized carbons (Fsp3) is 0.500. The zero-order valence-electron chi connectivity index (χ0n) is 21.4. The number of aryl methyl sites for hydroxylation is 1. The van der Waals surface area contributed by atoms with Crippen LogP contribution in [0.3, 0.4) is 0 Å². The van der Waals surface area contributed by atoms with Gasteiger partial charge in [-0.1, -0.05) is 6.07 Å². The van der Waals surface area contributed by atoms with Crippen LogP contribution < -0.4 is 4.74 Å². The van der Waals surface area contributed by atoms with Crippen molar-refractivity contribution in [3.63, 3.8) is 0 Å². The van der Waals surface area contributed by atoms with Crippen molar-refractivity contribution in [2.45, 2.75) is 69.9 Å². The number of phenolic OH excluding ortho intramolecular Hbond substituents is 1. The monoisotopic (exact) mass is 510 g/mol. The van der Waals surface area contributed by atoms with Crippen molar-refractivity contribution in [1.82, 2.24) is 29.9 Å². The van der Waals surface area contributed by atoms with Crippen molar-refractivity contribution in [1.29, 1.82) is 0 Å². The minimum atomic E-state index is -1.73. The maximum absolute atomic E-state index is 16.1. The number of nitrogens with zero attached hydrogens (tertiary/aromatic N) is 6. The molecule has 3 fully saturated rings. The van der Waals surface area contributed by atoms with Crippen LogP contribution in [0.4, 0.5) is 9.18 Å². The third-order valence-electron chi connectivity index (χ3n) is 6.78. The maximum atomic E-state index is 16.1. The fourth-order valence-electron chi connectivity index (χ4n) is 4.99. The minimum absolute atomic E-state index is 0.00263. The highest BCUT2D eigenvalue weighted by atomic mass is 19.1. The first-order valence-electron chi connectivity index (χ1n) is 12.4. The molecule has 1 aliphatic carbocycles. The Morgan fingerprint density at radius 1 is 1.22 bits per heavy atom. The second-order valence-corrected chi connectivity index (χ2v) is 10.8. The molecule has 1 aromatic carbocycles. The molecule has 1 amide bonds. The summed E-state index contributed by atoms with van der Waals surface area (Å²) in [5, 5.41) is 22.9. The summed E-state index contributed by atoms with van der Waals surface area (Å²) in [5.74, 6) is 0.312. The quantitative estimate of drug-likeness (QED) is 0.553. The van der Waals surface area contributed by atoms with Gasteiger partial charge in [0.1, 0.15) is 17.5 Å². The summed E-state index contributed by atoms with van der Waals surface area (Å²) in [5.41, 5.74) is -0.298. The minimum Gasteiger partial charge on any atom is -0.507 e. The van der Waals surface area contributed by atoms with Gasteiger partial charge < -0.3 is 19.5 Å². The number of fused-ring (bicyclic) bond motifs is 4. The second kappa shape index (κ2) is 9.28. The highest BCUT2D eigenvalue weighted by Gasteiger charge is 2.53. The lowest BCUT2D eigenvalue weighted by molar-refractivity contribution is -0.0726. The third kappa shape index (κ3) is 5.21. The summed E-state index contributed by atoms with van der Waals surface area (Å²) < 4.78 is 29.2. The van der Waals surface area contributed by atoms with Crippen molar-refractivity contribution in [3.05, 3.63) is 36.8 Å². The molecule has 3 aromatic rings. The van der Waals surface area contributed by atoms with Gasteiger partial charge in [0.25, 0.3) is 5.88 Å². The zero-order chi connectivity index (χ0) is 26.4. The summed E-state index contributed by atoms with van der Waals surface area (Å²) in [6.45, 7) is 5.29. The highest BCUT2D eigenvalue weighted by Crippen LogP contribution is 2.41. The van der Waals surface area contributed by atoms with Crippen molar-refractivity contribution in [2.24, 2.45) is 7.05 Å². The van der Waals surface area contributed by atoms with Crippen LogP contribution in [0.15, 0.2) is 36.8 Å². The normalized spacial score (nSPS) is 23.5. The average Bonchev–Trinajstić information content (AvgIpc) is 3.11. The molecule has 1 unspecified atom stereocenters. The van der Waals surface area contributed by atoms with Gasteiger partial charge in [-0.3, -0.25) is 4.68 Å². The van der Waals surface area contributed by atoms with Crippen LogP contribution in [-0.2, 0) is 11.8 Å². The number of aromatic hydroxyl groups is 1. The number of halogens is 1. The summed E-state index contributed by atoms with van der Waals surface area (Å²) >= 11 is 0. The molecule has 0 spiro atoms. The lowest BCUT2D eigenvalue weighted by atomic mass is 9.88. The van der Waals surface area contributed by atoms with Crippen molar-refractivity contribution < 1.29 is 23.8 Å². The maximum Gasteiger partial charge on any atom is 0.410 e. The Hall–Kier alpha value is -3.76. The van der Waals surface area contributed by atoms with Gasteiger partial charge in [0.05, 0.1) is 24.5 Å². The molecule has 3 atom stereocenters. The molecule has 0 radical (unpaired) electrons. The van der Waals surface area contributed by atoms with Crippen LogP contribution in [0, 0.1) is 0 Å². The molecule has 37 heavy (non-hydrogen) atoms. The molecule has 2 bridgehead atoms. The standard InChI is InChI=1S/C26H31FN6O4/c1-25(2,3)37-24(35)33-15-26(27)9-5-6-18(33)11-21(26)36-22-13-28-23(31-30-22)19-8-7-16(10-20(19)34)17-12-29-32(4)14-17/h7-8,10,12-14,18,21,34H,5-6,9,11,15H2,1-4H3/t18-,21-,26?/m0/s1. The molecule has 1 saturated carbocycles. The van der Waals surface area contributed by atoms with E-state index in [-0.39, 0.29) is 36.5 Å². The number of ether oxygens (including phenoxy) is 2. The van der Waals surface area contributed by atoms with Crippen molar-refractivity contribution in [2.75, 3.05) is 6.54 Å². The molecule has 2 saturated heterocycles. The van der Waals surface area contributed by atoms with Gasteiger partial charge in [-0.25, -0.2) is 14.2 Å². The van der Waals surface area contributed by atoms with Crippen LogP contribution >= 0.6 is 0 Å². The van der Waals surface area contributed by atoms with E-state index in [0.717, 1.165) is 11.1 Å². The van der Waals surface area contributed by atoms with E-state index in [4.69, 9.17) is 9.47 Å². The highest BCUT2D eigenvalue weighted by molar-refractivity contribution is 5.72. The number of amides is 1. The molecule has 6 rings (SSSR count). The van der Waals surface area contributed by atoms with E-state index in [9.17, 15) is 9.90 Å². The lowest BCUT2D eigenvalue weighted by Gasteiger charge is -2.44. The molecule has 2 aliphatic heterocycles.